The molecule has 0 saturated carbocycles. The van der Waals surface area contributed by atoms with Crippen LogP contribution < -0.4 is 9.30 Å². The molecule has 0 atom stereocenters. The van der Waals surface area contributed by atoms with Gasteiger partial charge >= 0.3 is 0 Å². The Hall–Kier alpha value is -2.33. The van der Waals surface area contributed by atoms with Crippen molar-refractivity contribution < 1.29 is 9.30 Å². The van der Waals surface area contributed by atoms with Crippen molar-refractivity contribution in [3.63, 3.8) is 0 Å². The SMILES string of the molecule is Clc1ccc(Cn2c[n+](CCCOc3ccccc3)cn2)cc1. The summed E-state index contributed by atoms with van der Waals surface area (Å²) in [5, 5.41) is 5.13. The van der Waals surface area contributed by atoms with Crippen LogP contribution >= 0.6 is 11.6 Å². The third kappa shape index (κ3) is 4.83. The maximum absolute atomic E-state index is 5.90. The van der Waals surface area contributed by atoms with Gasteiger partial charge in [-0.3, -0.25) is 0 Å². The smallest absolute Gasteiger partial charge is 0.265 e. The number of para-hydroxylation sites is 1. The molecule has 0 aliphatic carbocycles. The van der Waals surface area contributed by atoms with Crippen molar-refractivity contribution in [1.29, 1.82) is 0 Å². The average Bonchev–Trinajstić information content (AvgIpc) is 3.02. The monoisotopic (exact) mass is 328 g/mol. The van der Waals surface area contributed by atoms with E-state index in [4.69, 9.17) is 16.3 Å². The number of hydrogen-bond acceptors (Lipinski definition) is 2. The molecule has 0 bridgehead atoms. The summed E-state index contributed by atoms with van der Waals surface area (Å²) in [5.41, 5.74) is 1.18. The van der Waals surface area contributed by atoms with E-state index in [0.29, 0.717) is 6.61 Å². The molecule has 3 aromatic rings. The van der Waals surface area contributed by atoms with Gasteiger partial charge in [-0.15, -0.1) is 4.68 Å². The second kappa shape index (κ2) is 7.79. The molecule has 118 valence electrons. The molecule has 4 nitrogen and oxygen atoms in total. The summed E-state index contributed by atoms with van der Waals surface area (Å²) in [6.45, 7) is 2.32. The van der Waals surface area contributed by atoms with Gasteiger partial charge in [0.2, 0.25) is 6.33 Å². The molecule has 0 aliphatic rings. The topological polar surface area (TPSA) is 30.9 Å². The average molecular weight is 329 g/mol. The minimum Gasteiger partial charge on any atom is -0.493 e. The molecule has 1 heterocycles. The van der Waals surface area contributed by atoms with E-state index in [1.165, 1.54) is 5.56 Å². The number of aromatic nitrogens is 3. The number of ether oxygens (including phenoxy) is 1. The Kier molecular flexibility index (Phi) is 5.27. The van der Waals surface area contributed by atoms with Gasteiger partial charge in [0.05, 0.1) is 13.2 Å². The first-order valence-corrected chi connectivity index (χ1v) is 8.01. The quantitative estimate of drug-likeness (QED) is 0.492. The highest BCUT2D eigenvalue weighted by atomic mass is 35.5. The summed E-state index contributed by atoms with van der Waals surface area (Å²) in [5.74, 6) is 0.913. The van der Waals surface area contributed by atoms with E-state index >= 15 is 0 Å². The Morgan fingerprint density at radius 1 is 1.04 bits per heavy atom. The first-order valence-electron chi connectivity index (χ1n) is 7.63. The van der Waals surface area contributed by atoms with Gasteiger partial charge in [-0.05, 0) is 29.8 Å². The molecule has 0 unspecified atom stereocenters. The number of rotatable bonds is 7. The second-order valence-corrected chi connectivity index (χ2v) is 5.76. The van der Waals surface area contributed by atoms with Crippen molar-refractivity contribution in [3.05, 3.63) is 77.8 Å². The highest BCUT2D eigenvalue weighted by Gasteiger charge is 2.06. The van der Waals surface area contributed by atoms with Crippen LogP contribution in [0.2, 0.25) is 5.02 Å². The second-order valence-electron chi connectivity index (χ2n) is 5.32. The largest absolute Gasteiger partial charge is 0.493 e. The molecular weight excluding hydrogens is 310 g/mol. The van der Waals surface area contributed by atoms with Crippen molar-refractivity contribution in [2.24, 2.45) is 0 Å². The Morgan fingerprint density at radius 2 is 1.83 bits per heavy atom. The summed E-state index contributed by atoms with van der Waals surface area (Å²) in [7, 11) is 0. The number of halogens is 1. The van der Waals surface area contributed by atoms with Crippen molar-refractivity contribution >= 4 is 11.6 Å². The lowest BCUT2D eigenvalue weighted by atomic mass is 10.2. The molecule has 1 aromatic heterocycles. The molecule has 0 radical (unpaired) electrons. The van der Waals surface area contributed by atoms with E-state index in [2.05, 4.69) is 9.67 Å². The van der Waals surface area contributed by atoms with Gasteiger partial charge in [-0.25, -0.2) is 4.57 Å². The predicted molar refractivity (Wildman–Crippen MR) is 89.5 cm³/mol. The predicted octanol–water partition coefficient (Wildman–Crippen LogP) is 3.34. The van der Waals surface area contributed by atoms with Crippen LogP contribution in [0, 0.1) is 0 Å². The van der Waals surface area contributed by atoms with Gasteiger partial charge in [0.1, 0.15) is 12.3 Å². The van der Waals surface area contributed by atoms with Crippen molar-refractivity contribution in [1.82, 2.24) is 9.78 Å². The number of nitrogens with zero attached hydrogens (tertiary/aromatic N) is 3. The molecule has 23 heavy (non-hydrogen) atoms. The minimum absolute atomic E-state index is 0.694. The third-order valence-electron chi connectivity index (χ3n) is 3.46. The standard InChI is InChI=1S/C18H19ClN3O/c19-17-9-7-16(8-10-17)13-22-15-21(14-20-22)11-4-12-23-18-5-2-1-3-6-18/h1-3,5-10,14-15H,4,11-13H2/q+1. The van der Waals surface area contributed by atoms with Crippen LogP contribution in [-0.2, 0) is 13.1 Å². The summed E-state index contributed by atoms with van der Waals surface area (Å²) >= 11 is 5.90. The summed E-state index contributed by atoms with van der Waals surface area (Å²) < 4.78 is 9.68. The maximum atomic E-state index is 5.90. The molecule has 0 amide bonds. The van der Waals surface area contributed by atoms with Gasteiger partial charge in [-0.1, -0.05) is 41.9 Å². The minimum atomic E-state index is 0.694. The first-order chi connectivity index (χ1) is 11.3. The zero-order valence-corrected chi connectivity index (χ0v) is 13.6. The molecule has 3 rings (SSSR count). The van der Waals surface area contributed by atoms with Crippen LogP contribution in [0.1, 0.15) is 12.0 Å². The van der Waals surface area contributed by atoms with Crippen molar-refractivity contribution in [2.45, 2.75) is 19.5 Å². The van der Waals surface area contributed by atoms with E-state index < -0.39 is 0 Å². The van der Waals surface area contributed by atoms with Crippen molar-refractivity contribution in [2.75, 3.05) is 6.61 Å². The van der Waals surface area contributed by atoms with Crippen LogP contribution in [0.4, 0.5) is 0 Å². The number of hydrogen-bond donors (Lipinski definition) is 0. The normalized spacial score (nSPS) is 10.7. The van der Waals surface area contributed by atoms with Crippen LogP contribution in [0.25, 0.3) is 0 Å². The van der Waals surface area contributed by atoms with Gasteiger partial charge in [0.15, 0.2) is 0 Å². The zero-order chi connectivity index (χ0) is 15.9. The molecule has 2 aromatic carbocycles. The van der Waals surface area contributed by atoms with E-state index in [9.17, 15) is 0 Å². The van der Waals surface area contributed by atoms with Crippen molar-refractivity contribution in [3.8, 4) is 5.75 Å². The lowest BCUT2D eigenvalue weighted by Gasteiger charge is -2.04. The Labute approximate surface area is 140 Å². The lowest BCUT2D eigenvalue weighted by Crippen LogP contribution is -2.32. The maximum Gasteiger partial charge on any atom is 0.265 e. The molecular formula is C18H19ClN3O+. The van der Waals surface area contributed by atoms with Crippen LogP contribution in [0.5, 0.6) is 5.75 Å². The lowest BCUT2D eigenvalue weighted by molar-refractivity contribution is -0.698. The summed E-state index contributed by atoms with van der Waals surface area (Å²) in [6.07, 6.45) is 4.79. The Balaban J connectivity index is 1.45. The van der Waals surface area contributed by atoms with Crippen LogP contribution in [-0.4, -0.2) is 16.4 Å². The molecule has 0 fully saturated rings. The third-order valence-corrected chi connectivity index (χ3v) is 3.71. The number of benzene rings is 2. The molecule has 0 N–H and O–H groups in total. The summed E-state index contributed by atoms with van der Waals surface area (Å²) in [4.78, 5) is 0. The fourth-order valence-electron chi connectivity index (χ4n) is 2.29. The molecule has 0 saturated heterocycles. The highest BCUT2D eigenvalue weighted by molar-refractivity contribution is 6.30. The van der Waals surface area contributed by atoms with Gasteiger partial charge in [0, 0.05) is 16.5 Å². The van der Waals surface area contributed by atoms with E-state index in [1.54, 1.807) is 0 Å². The van der Waals surface area contributed by atoms with E-state index in [0.717, 1.165) is 30.3 Å². The first kappa shape index (κ1) is 15.6. The number of aryl methyl sites for hydroxylation is 1. The highest BCUT2D eigenvalue weighted by Crippen LogP contribution is 2.10. The van der Waals surface area contributed by atoms with Gasteiger partial charge < -0.3 is 4.74 Å². The van der Waals surface area contributed by atoms with Gasteiger partial charge in [0.25, 0.3) is 6.33 Å². The van der Waals surface area contributed by atoms with Gasteiger partial charge in [-0.2, -0.15) is 0 Å². The Morgan fingerprint density at radius 3 is 2.61 bits per heavy atom. The van der Waals surface area contributed by atoms with Crippen LogP contribution in [0.3, 0.4) is 0 Å². The summed E-state index contributed by atoms with van der Waals surface area (Å²) in [6, 6.07) is 17.7. The van der Waals surface area contributed by atoms with Crippen LogP contribution in [0.15, 0.2) is 67.3 Å². The Bertz CT molecular complexity index is 726. The molecule has 0 spiro atoms. The molecule has 0 aliphatic heterocycles. The zero-order valence-electron chi connectivity index (χ0n) is 12.8. The van der Waals surface area contributed by atoms with E-state index in [1.807, 2.05) is 71.9 Å². The fourth-order valence-corrected chi connectivity index (χ4v) is 2.42. The molecule has 5 heteroatoms. The van der Waals surface area contributed by atoms with E-state index in [-0.39, 0.29) is 0 Å². The fraction of sp³-hybridized carbons (Fsp3) is 0.222.